The van der Waals surface area contributed by atoms with Crippen LogP contribution in [0.2, 0.25) is 0 Å². The maximum Gasteiger partial charge on any atom is 0.340 e. The Labute approximate surface area is 157 Å². The normalized spacial score (nSPS) is 14.1. The molecule has 0 bridgehead atoms. The number of amides is 2. The van der Waals surface area contributed by atoms with E-state index in [4.69, 9.17) is 4.74 Å². The number of esters is 1. The molecular formula is C20H21N3O4. The quantitative estimate of drug-likeness (QED) is 0.578. The summed E-state index contributed by atoms with van der Waals surface area (Å²) in [6.07, 6.45) is 4.24. The summed E-state index contributed by atoms with van der Waals surface area (Å²) in [6, 6.07) is 10.2. The number of rotatable bonds is 7. The third-order valence-corrected chi connectivity index (χ3v) is 4.49. The predicted molar refractivity (Wildman–Crippen MR) is 98.8 cm³/mol. The number of nitrogens with one attached hydrogen (secondary N) is 2. The van der Waals surface area contributed by atoms with E-state index >= 15 is 0 Å². The van der Waals surface area contributed by atoms with Crippen molar-refractivity contribution in [3.8, 4) is 0 Å². The second kappa shape index (κ2) is 7.99. The third-order valence-electron chi connectivity index (χ3n) is 4.49. The number of hydrogen-bond acceptors (Lipinski definition) is 5. The number of hydrogen-bond donors (Lipinski definition) is 2. The van der Waals surface area contributed by atoms with Gasteiger partial charge in [0.1, 0.15) is 5.41 Å². The molecule has 7 heteroatoms. The van der Waals surface area contributed by atoms with E-state index in [0.29, 0.717) is 25.1 Å². The van der Waals surface area contributed by atoms with E-state index in [1.165, 1.54) is 0 Å². The average Bonchev–Trinajstić information content (AvgIpc) is 3.50. The van der Waals surface area contributed by atoms with Gasteiger partial charge in [0, 0.05) is 18.9 Å². The second-order valence-corrected chi connectivity index (χ2v) is 6.34. The molecule has 0 atom stereocenters. The van der Waals surface area contributed by atoms with Crippen LogP contribution in [-0.4, -0.2) is 29.4 Å². The SMILES string of the molecule is CCOC(=O)c1ccccc1NC(=O)C1(C(=O)NCc2ccncc2)CC1. The summed E-state index contributed by atoms with van der Waals surface area (Å²) in [5, 5.41) is 5.53. The Morgan fingerprint density at radius 3 is 2.44 bits per heavy atom. The van der Waals surface area contributed by atoms with Gasteiger partial charge in [0.15, 0.2) is 0 Å². The van der Waals surface area contributed by atoms with Gasteiger partial charge in [-0.25, -0.2) is 4.79 Å². The van der Waals surface area contributed by atoms with Gasteiger partial charge in [0.05, 0.1) is 17.9 Å². The van der Waals surface area contributed by atoms with Gasteiger partial charge in [-0.2, -0.15) is 0 Å². The molecule has 2 aromatic rings. The van der Waals surface area contributed by atoms with E-state index in [1.54, 1.807) is 55.7 Å². The fourth-order valence-corrected chi connectivity index (χ4v) is 2.76. The van der Waals surface area contributed by atoms with Crippen LogP contribution in [0, 0.1) is 5.41 Å². The minimum atomic E-state index is -1.09. The van der Waals surface area contributed by atoms with E-state index in [2.05, 4.69) is 15.6 Å². The van der Waals surface area contributed by atoms with E-state index in [-0.39, 0.29) is 18.1 Å². The monoisotopic (exact) mass is 367 g/mol. The van der Waals surface area contributed by atoms with Crippen molar-refractivity contribution in [2.75, 3.05) is 11.9 Å². The first-order valence-corrected chi connectivity index (χ1v) is 8.81. The van der Waals surface area contributed by atoms with Crippen molar-refractivity contribution in [3.05, 3.63) is 59.9 Å². The first-order chi connectivity index (χ1) is 13.1. The number of carbonyl (C=O) groups excluding carboxylic acids is 3. The Morgan fingerprint density at radius 2 is 1.78 bits per heavy atom. The number of para-hydroxylation sites is 1. The molecule has 0 unspecified atom stereocenters. The van der Waals surface area contributed by atoms with Gasteiger partial charge in [-0.1, -0.05) is 12.1 Å². The van der Waals surface area contributed by atoms with Crippen LogP contribution in [0.25, 0.3) is 0 Å². The highest BCUT2D eigenvalue weighted by atomic mass is 16.5. The zero-order valence-corrected chi connectivity index (χ0v) is 15.0. The second-order valence-electron chi connectivity index (χ2n) is 6.34. The number of aromatic nitrogens is 1. The minimum Gasteiger partial charge on any atom is -0.462 e. The number of carbonyl (C=O) groups is 3. The molecule has 3 rings (SSSR count). The maximum atomic E-state index is 12.7. The molecule has 7 nitrogen and oxygen atoms in total. The number of pyridine rings is 1. The molecule has 1 aliphatic rings. The molecule has 1 heterocycles. The van der Waals surface area contributed by atoms with Crippen LogP contribution in [-0.2, 0) is 20.9 Å². The summed E-state index contributed by atoms with van der Waals surface area (Å²) in [4.78, 5) is 41.3. The molecule has 2 N–H and O–H groups in total. The van der Waals surface area contributed by atoms with Crippen LogP contribution in [0.1, 0.15) is 35.7 Å². The summed E-state index contributed by atoms with van der Waals surface area (Å²) in [5.41, 5.74) is 0.423. The molecular weight excluding hydrogens is 346 g/mol. The van der Waals surface area contributed by atoms with Crippen LogP contribution < -0.4 is 10.6 Å². The van der Waals surface area contributed by atoms with Crippen LogP contribution in [0.5, 0.6) is 0 Å². The lowest BCUT2D eigenvalue weighted by Crippen LogP contribution is -2.39. The van der Waals surface area contributed by atoms with Crippen LogP contribution in [0.4, 0.5) is 5.69 Å². The molecule has 1 saturated carbocycles. The van der Waals surface area contributed by atoms with E-state index < -0.39 is 17.3 Å². The zero-order chi connectivity index (χ0) is 19.3. The van der Waals surface area contributed by atoms with E-state index in [9.17, 15) is 14.4 Å². The molecule has 1 aliphatic carbocycles. The molecule has 1 aromatic heterocycles. The van der Waals surface area contributed by atoms with Crippen LogP contribution in [0.15, 0.2) is 48.8 Å². The Bertz CT molecular complexity index is 847. The van der Waals surface area contributed by atoms with Crippen molar-refractivity contribution in [1.82, 2.24) is 10.3 Å². The van der Waals surface area contributed by atoms with Gasteiger partial charge in [-0.05, 0) is 49.6 Å². The van der Waals surface area contributed by atoms with Crippen molar-refractivity contribution < 1.29 is 19.1 Å². The van der Waals surface area contributed by atoms with Gasteiger partial charge in [-0.15, -0.1) is 0 Å². The van der Waals surface area contributed by atoms with Crippen molar-refractivity contribution in [2.45, 2.75) is 26.3 Å². The molecule has 0 saturated heterocycles. The lowest BCUT2D eigenvalue weighted by atomic mass is 10.0. The molecule has 1 fully saturated rings. The van der Waals surface area contributed by atoms with Crippen LogP contribution >= 0.6 is 0 Å². The predicted octanol–water partition coefficient (Wildman–Crippen LogP) is 2.29. The van der Waals surface area contributed by atoms with Crippen molar-refractivity contribution >= 4 is 23.5 Å². The van der Waals surface area contributed by atoms with E-state index in [1.807, 2.05) is 0 Å². The Kier molecular flexibility index (Phi) is 5.49. The molecule has 2 amide bonds. The number of ether oxygens (including phenoxy) is 1. The molecule has 27 heavy (non-hydrogen) atoms. The smallest absolute Gasteiger partial charge is 0.340 e. The third kappa shape index (κ3) is 4.13. The minimum absolute atomic E-state index is 0.239. The zero-order valence-electron chi connectivity index (χ0n) is 15.0. The molecule has 1 aromatic carbocycles. The van der Waals surface area contributed by atoms with Gasteiger partial charge in [0.25, 0.3) is 0 Å². The fourth-order valence-electron chi connectivity index (χ4n) is 2.76. The standard InChI is InChI=1S/C20H21N3O4/c1-2-27-17(24)15-5-3-4-6-16(15)23-19(26)20(9-10-20)18(25)22-13-14-7-11-21-12-8-14/h3-8,11-12H,2,9-10,13H2,1H3,(H,22,25)(H,23,26). The first kappa shape index (κ1) is 18.6. The lowest BCUT2D eigenvalue weighted by Gasteiger charge is -2.17. The highest BCUT2D eigenvalue weighted by Crippen LogP contribution is 2.47. The summed E-state index contributed by atoms with van der Waals surface area (Å²) in [7, 11) is 0. The molecule has 0 radical (unpaired) electrons. The number of anilines is 1. The Balaban J connectivity index is 1.67. The highest BCUT2D eigenvalue weighted by Gasteiger charge is 2.56. The molecule has 0 aliphatic heterocycles. The fraction of sp³-hybridized carbons (Fsp3) is 0.300. The van der Waals surface area contributed by atoms with Crippen molar-refractivity contribution in [3.63, 3.8) is 0 Å². The number of nitrogens with zero attached hydrogens (tertiary/aromatic N) is 1. The Morgan fingerprint density at radius 1 is 1.07 bits per heavy atom. The van der Waals surface area contributed by atoms with Crippen LogP contribution in [0.3, 0.4) is 0 Å². The lowest BCUT2D eigenvalue weighted by molar-refractivity contribution is -0.134. The van der Waals surface area contributed by atoms with Crippen molar-refractivity contribution in [2.24, 2.45) is 5.41 Å². The Hall–Kier alpha value is -3.22. The molecule has 0 spiro atoms. The largest absolute Gasteiger partial charge is 0.462 e. The summed E-state index contributed by atoms with van der Waals surface area (Å²) in [6.45, 7) is 2.28. The van der Waals surface area contributed by atoms with E-state index in [0.717, 1.165) is 5.56 Å². The number of benzene rings is 1. The topological polar surface area (TPSA) is 97.4 Å². The van der Waals surface area contributed by atoms with Gasteiger partial charge in [-0.3, -0.25) is 14.6 Å². The van der Waals surface area contributed by atoms with Gasteiger partial charge < -0.3 is 15.4 Å². The molecule has 140 valence electrons. The van der Waals surface area contributed by atoms with Gasteiger partial charge in [0.2, 0.25) is 11.8 Å². The van der Waals surface area contributed by atoms with Gasteiger partial charge >= 0.3 is 5.97 Å². The summed E-state index contributed by atoms with van der Waals surface area (Å²) in [5.74, 6) is -1.24. The first-order valence-electron chi connectivity index (χ1n) is 8.81. The maximum absolute atomic E-state index is 12.7. The average molecular weight is 367 g/mol. The summed E-state index contributed by atoms with van der Waals surface area (Å²) < 4.78 is 5.01. The summed E-state index contributed by atoms with van der Waals surface area (Å²) >= 11 is 0. The highest BCUT2D eigenvalue weighted by molar-refractivity contribution is 6.14. The van der Waals surface area contributed by atoms with Crippen molar-refractivity contribution in [1.29, 1.82) is 0 Å².